The molecule has 0 aliphatic rings. The zero-order valence-corrected chi connectivity index (χ0v) is 7.57. The minimum Gasteiger partial charge on any atom is -0.489 e. The molecule has 2 nitrogen and oxygen atoms in total. The van der Waals surface area contributed by atoms with Crippen LogP contribution in [0.3, 0.4) is 0 Å². The van der Waals surface area contributed by atoms with Gasteiger partial charge in [0, 0.05) is 0 Å². The van der Waals surface area contributed by atoms with Crippen molar-refractivity contribution in [2.75, 3.05) is 6.61 Å². The summed E-state index contributed by atoms with van der Waals surface area (Å²) < 4.78 is 5.35. The van der Waals surface area contributed by atoms with E-state index in [4.69, 9.17) is 4.74 Å². The zero-order valence-electron chi connectivity index (χ0n) is 7.57. The standard InChI is InChI=1S/C11H12O2/c1-2-3-8-13-11-7-5-4-6-10(11)9-12/h2-7,9H,8H2,1H3/b3-2+. The Morgan fingerprint density at radius 3 is 2.85 bits per heavy atom. The van der Waals surface area contributed by atoms with Crippen LogP contribution >= 0.6 is 0 Å². The lowest BCUT2D eigenvalue weighted by molar-refractivity contribution is 0.112. The van der Waals surface area contributed by atoms with Crippen LogP contribution in [0.25, 0.3) is 0 Å². The number of para-hydroxylation sites is 1. The molecule has 0 aliphatic heterocycles. The third-order valence-electron chi connectivity index (χ3n) is 1.62. The second-order valence-electron chi connectivity index (χ2n) is 2.54. The number of benzene rings is 1. The van der Waals surface area contributed by atoms with Crippen molar-refractivity contribution in [2.24, 2.45) is 0 Å². The first-order chi connectivity index (χ1) is 6.38. The van der Waals surface area contributed by atoms with Crippen molar-refractivity contribution < 1.29 is 9.53 Å². The maximum absolute atomic E-state index is 10.6. The molecule has 0 amide bonds. The molecule has 1 rings (SSSR count). The van der Waals surface area contributed by atoms with E-state index in [0.717, 1.165) is 6.29 Å². The molecule has 68 valence electrons. The van der Waals surface area contributed by atoms with Crippen molar-refractivity contribution in [3.63, 3.8) is 0 Å². The van der Waals surface area contributed by atoms with E-state index in [1.54, 1.807) is 12.1 Å². The molecule has 0 atom stereocenters. The van der Waals surface area contributed by atoms with E-state index in [1.807, 2.05) is 31.2 Å². The maximum atomic E-state index is 10.6. The topological polar surface area (TPSA) is 26.3 Å². The summed E-state index contributed by atoms with van der Waals surface area (Å²) in [6.45, 7) is 2.43. The Morgan fingerprint density at radius 2 is 2.15 bits per heavy atom. The molecule has 0 bridgehead atoms. The van der Waals surface area contributed by atoms with Gasteiger partial charge in [-0.25, -0.2) is 0 Å². The van der Waals surface area contributed by atoms with E-state index in [1.165, 1.54) is 0 Å². The van der Waals surface area contributed by atoms with Crippen LogP contribution in [0.15, 0.2) is 36.4 Å². The van der Waals surface area contributed by atoms with Crippen molar-refractivity contribution >= 4 is 6.29 Å². The molecule has 0 fully saturated rings. The highest BCUT2D eigenvalue weighted by molar-refractivity contribution is 5.79. The Bertz CT molecular complexity index is 303. The quantitative estimate of drug-likeness (QED) is 0.520. The SMILES string of the molecule is C/C=C/COc1ccccc1C=O. The van der Waals surface area contributed by atoms with Crippen LogP contribution in [0.5, 0.6) is 5.75 Å². The lowest BCUT2D eigenvalue weighted by atomic mass is 10.2. The molecule has 0 spiro atoms. The summed E-state index contributed by atoms with van der Waals surface area (Å²) in [6, 6.07) is 7.18. The Balaban J connectivity index is 2.69. The number of carbonyl (C=O) groups excluding carboxylic acids is 1. The third-order valence-corrected chi connectivity index (χ3v) is 1.62. The molecule has 2 heteroatoms. The number of hydrogen-bond acceptors (Lipinski definition) is 2. The van der Waals surface area contributed by atoms with Gasteiger partial charge in [-0.2, -0.15) is 0 Å². The van der Waals surface area contributed by atoms with Crippen LogP contribution < -0.4 is 4.74 Å². The van der Waals surface area contributed by atoms with E-state index in [2.05, 4.69) is 0 Å². The highest BCUT2D eigenvalue weighted by Crippen LogP contribution is 2.15. The van der Waals surface area contributed by atoms with Crippen molar-refractivity contribution in [3.05, 3.63) is 42.0 Å². The molecular weight excluding hydrogens is 164 g/mol. The normalized spacial score (nSPS) is 10.2. The molecule has 1 aromatic rings. The van der Waals surface area contributed by atoms with Gasteiger partial charge in [0.15, 0.2) is 6.29 Å². The van der Waals surface area contributed by atoms with Gasteiger partial charge in [0.05, 0.1) is 5.56 Å². The highest BCUT2D eigenvalue weighted by atomic mass is 16.5. The summed E-state index contributed by atoms with van der Waals surface area (Å²) >= 11 is 0. The number of ether oxygens (including phenoxy) is 1. The zero-order chi connectivity index (χ0) is 9.52. The molecule has 0 saturated heterocycles. The maximum Gasteiger partial charge on any atom is 0.153 e. The molecule has 0 N–H and O–H groups in total. The van der Waals surface area contributed by atoms with Crippen LogP contribution in [-0.2, 0) is 0 Å². The van der Waals surface area contributed by atoms with Gasteiger partial charge in [0.25, 0.3) is 0 Å². The molecule has 0 heterocycles. The Kier molecular flexibility index (Phi) is 3.76. The highest BCUT2D eigenvalue weighted by Gasteiger charge is 1.98. The van der Waals surface area contributed by atoms with Crippen LogP contribution in [0.4, 0.5) is 0 Å². The average Bonchev–Trinajstić information content (AvgIpc) is 2.19. The summed E-state index contributed by atoms with van der Waals surface area (Å²) in [6.07, 6.45) is 4.59. The molecule has 1 aromatic carbocycles. The van der Waals surface area contributed by atoms with E-state index in [-0.39, 0.29) is 0 Å². The minimum absolute atomic E-state index is 0.501. The fourth-order valence-corrected chi connectivity index (χ4v) is 0.943. The first-order valence-corrected chi connectivity index (χ1v) is 4.16. The average molecular weight is 176 g/mol. The fourth-order valence-electron chi connectivity index (χ4n) is 0.943. The summed E-state index contributed by atoms with van der Waals surface area (Å²) in [5.74, 6) is 0.635. The summed E-state index contributed by atoms with van der Waals surface area (Å²) in [5, 5.41) is 0. The number of rotatable bonds is 4. The molecular formula is C11H12O2. The lowest BCUT2D eigenvalue weighted by Gasteiger charge is -2.04. The van der Waals surface area contributed by atoms with Crippen molar-refractivity contribution in [3.8, 4) is 5.75 Å². The van der Waals surface area contributed by atoms with E-state index < -0.39 is 0 Å². The largest absolute Gasteiger partial charge is 0.489 e. The second-order valence-corrected chi connectivity index (χ2v) is 2.54. The van der Waals surface area contributed by atoms with Crippen LogP contribution in [0.2, 0.25) is 0 Å². The number of carbonyl (C=O) groups is 1. The Morgan fingerprint density at radius 1 is 1.38 bits per heavy atom. The first-order valence-electron chi connectivity index (χ1n) is 4.16. The third kappa shape index (κ3) is 2.75. The molecule has 0 unspecified atom stereocenters. The van der Waals surface area contributed by atoms with Gasteiger partial charge in [-0.1, -0.05) is 24.3 Å². The molecule has 0 aliphatic carbocycles. The van der Waals surface area contributed by atoms with Gasteiger partial charge in [0.2, 0.25) is 0 Å². The second kappa shape index (κ2) is 5.14. The lowest BCUT2D eigenvalue weighted by Crippen LogP contribution is -1.96. The van der Waals surface area contributed by atoms with Crippen molar-refractivity contribution in [2.45, 2.75) is 6.92 Å². The van der Waals surface area contributed by atoms with Crippen LogP contribution in [0, 0.1) is 0 Å². The van der Waals surface area contributed by atoms with E-state index in [0.29, 0.717) is 17.9 Å². The number of allylic oxidation sites excluding steroid dienone is 1. The van der Waals surface area contributed by atoms with Gasteiger partial charge in [-0.05, 0) is 19.1 Å². The van der Waals surface area contributed by atoms with E-state index >= 15 is 0 Å². The predicted molar refractivity (Wildman–Crippen MR) is 52.1 cm³/mol. The van der Waals surface area contributed by atoms with E-state index in [9.17, 15) is 4.79 Å². The van der Waals surface area contributed by atoms with Gasteiger partial charge >= 0.3 is 0 Å². The molecule has 0 radical (unpaired) electrons. The number of hydrogen-bond donors (Lipinski definition) is 0. The van der Waals surface area contributed by atoms with Gasteiger partial charge < -0.3 is 4.74 Å². The van der Waals surface area contributed by atoms with Crippen LogP contribution in [-0.4, -0.2) is 12.9 Å². The summed E-state index contributed by atoms with van der Waals surface area (Å²) in [7, 11) is 0. The summed E-state index contributed by atoms with van der Waals surface area (Å²) in [5.41, 5.74) is 0.590. The van der Waals surface area contributed by atoms with Crippen molar-refractivity contribution in [1.82, 2.24) is 0 Å². The van der Waals surface area contributed by atoms with Gasteiger partial charge in [0.1, 0.15) is 12.4 Å². The molecule has 0 aromatic heterocycles. The fraction of sp³-hybridized carbons (Fsp3) is 0.182. The minimum atomic E-state index is 0.501. The van der Waals surface area contributed by atoms with Gasteiger partial charge in [-0.15, -0.1) is 0 Å². The van der Waals surface area contributed by atoms with Crippen LogP contribution in [0.1, 0.15) is 17.3 Å². The number of aldehydes is 1. The first kappa shape index (κ1) is 9.52. The van der Waals surface area contributed by atoms with Gasteiger partial charge in [-0.3, -0.25) is 4.79 Å². The smallest absolute Gasteiger partial charge is 0.153 e. The monoisotopic (exact) mass is 176 g/mol. The molecule has 13 heavy (non-hydrogen) atoms. The molecule has 0 saturated carbocycles. The Hall–Kier alpha value is -1.57. The van der Waals surface area contributed by atoms with Crippen molar-refractivity contribution in [1.29, 1.82) is 0 Å². The Labute approximate surface area is 77.8 Å². The summed E-state index contributed by atoms with van der Waals surface area (Å²) in [4.78, 5) is 10.6. The predicted octanol–water partition coefficient (Wildman–Crippen LogP) is 2.45.